The molecule has 1 aliphatic heterocycles. The predicted octanol–water partition coefficient (Wildman–Crippen LogP) is 4.59. The molecule has 1 saturated heterocycles. The normalized spacial score (nSPS) is 40.5. The summed E-state index contributed by atoms with van der Waals surface area (Å²) in [5.41, 5.74) is -0.426. The molecule has 0 saturated carbocycles. The highest BCUT2D eigenvalue weighted by Gasteiger charge is 2.43. The zero-order valence-corrected chi connectivity index (χ0v) is 18.6. The second-order valence-electron chi connectivity index (χ2n) is 9.67. The van der Waals surface area contributed by atoms with Crippen molar-refractivity contribution in [3.05, 3.63) is 23.8 Å². The molecule has 2 unspecified atom stereocenters. The second kappa shape index (κ2) is 9.25. The SMILES string of the molecule is [2H]O[C@H]1CC(=O)OC(CC[C@@H]2[C@@H]3C(=C[C@H](C)C[C@@H]3OC(=O)C(C)(CC)C([2H])([2H])[2H])C=C[C@@H]2C)C1. The van der Waals surface area contributed by atoms with Gasteiger partial charge in [0.1, 0.15) is 12.2 Å². The number of hydrogen-bond acceptors (Lipinski definition) is 5. The van der Waals surface area contributed by atoms with Gasteiger partial charge in [-0.1, -0.05) is 39.0 Å². The minimum Gasteiger partial charge on any atom is -0.462 e. The first-order chi connectivity index (χ1) is 15.9. The van der Waals surface area contributed by atoms with E-state index in [2.05, 4.69) is 37.2 Å². The number of carbonyl (C=O) groups is 2. The number of carbonyl (C=O) groups excluding carboxylic acids is 2. The van der Waals surface area contributed by atoms with E-state index in [0.29, 0.717) is 19.3 Å². The van der Waals surface area contributed by atoms with Gasteiger partial charge < -0.3 is 14.6 Å². The van der Waals surface area contributed by atoms with Crippen molar-refractivity contribution < 1.29 is 28.3 Å². The Bertz CT molecular complexity index is 823. The minimum atomic E-state index is -2.45. The van der Waals surface area contributed by atoms with Crippen molar-refractivity contribution in [1.29, 1.82) is 1.43 Å². The maximum absolute atomic E-state index is 13.2. The van der Waals surface area contributed by atoms with Gasteiger partial charge in [0.05, 0.1) is 17.9 Å². The van der Waals surface area contributed by atoms with E-state index in [9.17, 15) is 9.59 Å². The molecule has 0 spiro atoms. The van der Waals surface area contributed by atoms with E-state index < -0.39 is 30.4 Å². The average molecular weight is 423 g/mol. The summed E-state index contributed by atoms with van der Waals surface area (Å²) in [5, 5.41) is 4.66. The average Bonchev–Trinajstić information content (AvgIpc) is 2.76. The van der Waals surface area contributed by atoms with Gasteiger partial charge in [-0.15, -0.1) is 0 Å². The molecule has 3 aliphatic rings. The van der Waals surface area contributed by atoms with Crippen molar-refractivity contribution in [2.75, 3.05) is 0 Å². The third kappa shape index (κ3) is 5.16. The van der Waals surface area contributed by atoms with Crippen LogP contribution in [0.2, 0.25) is 0 Å². The molecule has 0 aromatic carbocycles. The number of fused-ring (bicyclic) bond motifs is 1. The zero-order valence-electron chi connectivity index (χ0n) is 22.6. The van der Waals surface area contributed by atoms with E-state index in [4.69, 9.17) is 15.0 Å². The van der Waals surface area contributed by atoms with Crippen molar-refractivity contribution in [1.82, 2.24) is 0 Å². The summed E-state index contributed by atoms with van der Waals surface area (Å²) in [7, 11) is 0. The monoisotopic (exact) mass is 422 g/mol. The van der Waals surface area contributed by atoms with Crippen molar-refractivity contribution in [3.8, 4) is 0 Å². The third-order valence-electron chi connectivity index (χ3n) is 7.05. The number of ether oxygens (including phenoxy) is 2. The van der Waals surface area contributed by atoms with Gasteiger partial charge >= 0.3 is 11.9 Å². The Hall–Kier alpha value is -1.62. The Morgan fingerprint density at radius 1 is 1.40 bits per heavy atom. The van der Waals surface area contributed by atoms with Crippen LogP contribution in [0.3, 0.4) is 0 Å². The number of rotatable bonds is 7. The minimum absolute atomic E-state index is 0.0413. The fraction of sp³-hybridized carbons (Fsp3) is 0.760. The van der Waals surface area contributed by atoms with Crippen LogP contribution in [0.5, 0.6) is 0 Å². The molecule has 8 atom stereocenters. The van der Waals surface area contributed by atoms with Gasteiger partial charge in [0.2, 0.25) is 1.43 Å². The number of hydrogen-bond donors (Lipinski definition) is 1. The van der Waals surface area contributed by atoms with Crippen LogP contribution in [0.25, 0.3) is 0 Å². The van der Waals surface area contributed by atoms with E-state index in [-0.39, 0.29) is 48.6 Å². The van der Waals surface area contributed by atoms with Crippen LogP contribution >= 0.6 is 0 Å². The number of aliphatic hydroxyl groups excluding tert-OH is 1. The molecule has 168 valence electrons. The molecule has 0 aromatic rings. The van der Waals surface area contributed by atoms with Gasteiger partial charge in [0, 0.05) is 16.5 Å². The van der Waals surface area contributed by atoms with Gasteiger partial charge in [-0.2, -0.15) is 0 Å². The largest absolute Gasteiger partial charge is 0.462 e. The Balaban J connectivity index is 1.80. The summed E-state index contributed by atoms with van der Waals surface area (Å²) in [6, 6.07) is 0. The maximum atomic E-state index is 13.2. The summed E-state index contributed by atoms with van der Waals surface area (Å²) >= 11 is 0. The van der Waals surface area contributed by atoms with E-state index in [0.717, 1.165) is 12.0 Å². The zero-order chi connectivity index (χ0) is 25.3. The molecule has 5 nitrogen and oxygen atoms in total. The molecule has 2 aliphatic carbocycles. The molecule has 0 aromatic heterocycles. The molecule has 0 radical (unpaired) electrons. The lowest BCUT2D eigenvalue weighted by Crippen LogP contribution is -2.43. The van der Waals surface area contributed by atoms with Crippen LogP contribution < -0.4 is 0 Å². The Kier molecular flexibility index (Phi) is 5.55. The van der Waals surface area contributed by atoms with E-state index in [1.807, 2.05) is 0 Å². The number of cyclic esters (lactones) is 1. The standard InChI is InChI=1S/C25H38O5/c1-6-25(4,5)24(28)30-21-12-15(2)11-17-8-7-16(3)20(23(17)21)10-9-19-13-18(26)14-22(27)29-19/h7-8,11,15-16,18-21,23,26H,6,9-10,12-14H2,1-5H3/t15-,16-,18+,19?,20-,21-,23-/m0/s1/i4D3,26D/t15-,16-,18+,19?,20-,21-,23-,25?. The molecule has 0 amide bonds. The molecule has 3 rings (SSSR count). The number of allylic oxidation sites excluding steroid dienone is 3. The Labute approximate surface area is 186 Å². The van der Waals surface area contributed by atoms with Crippen LogP contribution in [-0.4, -0.2) is 36.8 Å². The summed E-state index contributed by atoms with van der Waals surface area (Å²) in [6.07, 6.45) is 8.15. The molecule has 1 fully saturated rings. The van der Waals surface area contributed by atoms with Gasteiger partial charge in [-0.05, 0) is 62.8 Å². The topological polar surface area (TPSA) is 72.8 Å². The maximum Gasteiger partial charge on any atom is 0.311 e. The summed E-state index contributed by atoms with van der Waals surface area (Å²) in [5.74, 6) is -0.464. The Morgan fingerprint density at radius 3 is 2.90 bits per heavy atom. The van der Waals surface area contributed by atoms with Crippen molar-refractivity contribution in [2.24, 2.45) is 29.1 Å². The van der Waals surface area contributed by atoms with Crippen LogP contribution in [0.4, 0.5) is 0 Å². The predicted molar refractivity (Wildman–Crippen MR) is 115 cm³/mol. The highest BCUT2D eigenvalue weighted by atomic mass is 16.6. The fourth-order valence-corrected chi connectivity index (χ4v) is 5.03. The molecule has 0 bridgehead atoms. The van der Waals surface area contributed by atoms with Crippen molar-refractivity contribution in [3.63, 3.8) is 0 Å². The smallest absolute Gasteiger partial charge is 0.311 e. The fourth-order valence-electron chi connectivity index (χ4n) is 5.03. The van der Waals surface area contributed by atoms with E-state index in [1.165, 1.54) is 6.92 Å². The first-order valence-electron chi connectivity index (χ1n) is 13.2. The molecule has 30 heavy (non-hydrogen) atoms. The molecular weight excluding hydrogens is 380 g/mol. The van der Waals surface area contributed by atoms with Crippen LogP contribution in [0.1, 0.15) is 77.2 Å². The lowest BCUT2D eigenvalue weighted by molar-refractivity contribution is -0.166. The van der Waals surface area contributed by atoms with Crippen molar-refractivity contribution >= 4 is 11.9 Å². The lowest BCUT2D eigenvalue weighted by atomic mass is 9.65. The molecule has 1 heterocycles. The Morgan fingerprint density at radius 2 is 2.20 bits per heavy atom. The van der Waals surface area contributed by atoms with Crippen LogP contribution in [0.15, 0.2) is 23.8 Å². The number of aliphatic hydroxyl groups is 1. The van der Waals surface area contributed by atoms with Crippen LogP contribution in [-0.2, 0) is 19.1 Å². The van der Waals surface area contributed by atoms with Crippen molar-refractivity contribution in [2.45, 2.75) is 91.4 Å². The highest BCUT2D eigenvalue weighted by Crippen LogP contribution is 2.45. The van der Waals surface area contributed by atoms with E-state index >= 15 is 0 Å². The lowest BCUT2D eigenvalue weighted by Gasteiger charge is -2.44. The van der Waals surface area contributed by atoms with Gasteiger partial charge in [0.25, 0.3) is 0 Å². The summed E-state index contributed by atoms with van der Waals surface area (Å²) in [4.78, 5) is 25.1. The number of esters is 2. The molecule has 5 heteroatoms. The van der Waals surface area contributed by atoms with E-state index in [1.54, 1.807) is 6.92 Å². The van der Waals surface area contributed by atoms with Gasteiger partial charge in [-0.3, -0.25) is 9.59 Å². The first-order valence-corrected chi connectivity index (χ1v) is 11.3. The second-order valence-corrected chi connectivity index (χ2v) is 9.67. The van der Waals surface area contributed by atoms with Crippen LogP contribution in [0, 0.1) is 29.1 Å². The highest BCUT2D eigenvalue weighted by molar-refractivity contribution is 5.76. The van der Waals surface area contributed by atoms with Gasteiger partial charge in [0.15, 0.2) is 0 Å². The third-order valence-corrected chi connectivity index (χ3v) is 7.05. The molecule has 1 N–H and O–H groups in total. The van der Waals surface area contributed by atoms with Gasteiger partial charge in [-0.25, -0.2) is 0 Å². The molecular formula is C25H38O5. The first kappa shape index (κ1) is 18.0. The quantitative estimate of drug-likeness (QED) is 0.608. The summed E-state index contributed by atoms with van der Waals surface area (Å²) in [6.45, 7) is 4.94. The summed E-state index contributed by atoms with van der Waals surface area (Å²) < 4.78 is 42.4.